The summed E-state index contributed by atoms with van der Waals surface area (Å²) in [7, 11) is 0. The molecular formula is C4H8OSe. The van der Waals surface area contributed by atoms with Crippen molar-refractivity contribution in [2.24, 2.45) is 0 Å². The zero-order chi connectivity index (χ0) is 4.41. The predicted octanol–water partition coefficient (Wildman–Crippen LogP) is 1.20. The molecule has 0 aromatic rings. The molecule has 36 valence electrons. The van der Waals surface area contributed by atoms with Crippen LogP contribution in [0.3, 0.4) is 0 Å². The Balaban J connectivity index is 2.37. The molecule has 0 N–H and O–H groups in total. The average molecular weight is 151 g/mol. The molecule has 0 bridgehead atoms. The molecule has 1 saturated heterocycles. The Labute approximate surface area is 41.8 Å². The van der Waals surface area contributed by atoms with Crippen LogP contribution in [0, 0.1) is 0 Å². The molecule has 0 spiro atoms. The molecule has 1 aliphatic heterocycles. The van der Waals surface area contributed by atoms with Crippen LogP contribution in [0.5, 0.6) is 0 Å². The molecule has 0 unspecified atom stereocenters. The van der Waals surface area contributed by atoms with Crippen LogP contribution in [-0.4, -0.2) is 13.8 Å². The molecular weight excluding hydrogens is 143 g/mol. The first-order valence-electron chi connectivity index (χ1n) is 2.24. The fourth-order valence-electron chi connectivity index (χ4n) is 0.628. The summed E-state index contributed by atoms with van der Waals surface area (Å²) in [6, 6.07) is 0. The van der Waals surface area contributed by atoms with Crippen LogP contribution in [0.4, 0.5) is 0 Å². The molecule has 0 aliphatic carbocycles. The van der Waals surface area contributed by atoms with Crippen LogP contribution in [0.1, 0.15) is 12.8 Å². The summed E-state index contributed by atoms with van der Waals surface area (Å²) < 4.78 is 10.5. The van der Waals surface area contributed by atoms with Crippen LogP contribution in [0.25, 0.3) is 0 Å². The van der Waals surface area contributed by atoms with Crippen molar-refractivity contribution in [3.63, 3.8) is 0 Å². The topological polar surface area (TPSA) is 17.1 Å². The van der Waals surface area contributed by atoms with Gasteiger partial charge in [0.2, 0.25) is 0 Å². The van der Waals surface area contributed by atoms with E-state index in [9.17, 15) is 3.83 Å². The summed E-state index contributed by atoms with van der Waals surface area (Å²) in [5.74, 6) is 0. The van der Waals surface area contributed by atoms with Gasteiger partial charge in [0.1, 0.15) is 0 Å². The average Bonchev–Trinajstić information content (AvgIpc) is 1.86. The van der Waals surface area contributed by atoms with Gasteiger partial charge in [0.25, 0.3) is 0 Å². The quantitative estimate of drug-likeness (QED) is 0.475. The van der Waals surface area contributed by atoms with E-state index >= 15 is 0 Å². The van der Waals surface area contributed by atoms with E-state index in [-0.39, 0.29) is 0 Å². The molecule has 0 atom stereocenters. The Morgan fingerprint density at radius 3 is 1.83 bits per heavy atom. The molecule has 1 fully saturated rings. The van der Waals surface area contributed by atoms with E-state index in [1.807, 2.05) is 0 Å². The predicted molar refractivity (Wildman–Crippen MR) is 25.3 cm³/mol. The summed E-state index contributed by atoms with van der Waals surface area (Å²) >= 11 is -1.19. The third kappa shape index (κ3) is 0.888. The van der Waals surface area contributed by atoms with Crippen LogP contribution >= 0.6 is 0 Å². The van der Waals surface area contributed by atoms with Gasteiger partial charge in [-0.3, -0.25) is 0 Å². The van der Waals surface area contributed by atoms with E-state index in [2.05, 4.69) is 0 Å². The molecule has 0 aromatic carbocycles. The van der Waals surface area contributed by atoms with E-state index < -0.39 is 13.8 Å². The SMILES string of the molecule is O=[Se]1CCCC1. The van der Waals surface area contributed by atoms with Gasteiger partial charge >= 0.3 is 41.1 Å². The maximum absolute atomic E-state index is 10.5. The molecule has 1 aliphatic rings. The van der Waals surface area contributed by atoms with Gasteiger partial charge in [0.15, 0.2) is 0 Å². The Morgan fingerprint density at radius 2 is 1.67 bits per heavy atom. The Bertz CT molecular complexity index is 61.9. The summed E-state index contributed by atoms with van der Waals surface area (Å²) in [6.07, 6.45) is 2.46. The Morgan fingerprint density at radius 1 is 1.17 bits per heavy atom. The van der Waals surface area contributed by atoms with Crippen molar-refractivity contribution in [3.05, 3.63) is 0 Å². The minimum atomic E-state index is -1.19. The van der Waals surface area contributed by atoms with Crippen molar-refractivity contribution in [2.45, 2.75) is 23.5 Å². The van der Waals surface area contributed by atoms with Gasteiger partial charge in [-0.25, -0.2) is 0 Å². The Hall–Kier alpha value is 0.319. The third-order valence-electron chi connectivity index (χ3n) is 0.994. The minimum absolute atomic E-state index is 1.06. The van der Waals surface area contributed by atoms with Gasteiger partial charge < -0.3 is 0 Å². The normalized spacial score (nSPS) is 25.3. The van der Waals surface area contributed by atoms with E-state index in [0.717, 1.165) is 10.6 Å². The number of rotatable bonds is 0. The summed E-state index contributed by atoms with van der Waals surface area (Å²) in [5, 5.41) is 2.11. The van der Waals surface area contributed by atoms with E-state index in [4.69, 9.17) is 0 Å². The molecule has 2 heteroatoms. The third-order valence-corrected chi connectivity index (χ3v) is 4.12. The van der Waals surface area contributed by atoms with Crippen LogP contribution in [0.2, 0.25) is 10.6 Å². The number of hydrogen-bond acceptors (Lipinski definition) is 1. The second kappa shape index (κ2) is 1.85. The summed E-state index contributed by atoms with van der Waals surface area (Å²) in [4.78, 5) is 0. The van der Waals surface area contributed by atoms with Crippen molar-refractivity contribution in [1.29, 1.82) is 0 Å². The first kappa shape index (κ1) is 4.48. The van der Waals surface area contributed by atoms with Gasteiger partial charge in [-0.2, -0.15) is 0 Å². The van der Waals surface area contributed by atoms with Gasteiger partial charge in [-0.05, 0) is 0 Å². The van der Waals surface area contributed by atoms with Crippen LogP contribution in [0.15, 0.2) is 0 Å². The van der Waals surface area contributed by atoms with Gasteiger partial charge in [-0.15, -0.1) is 0 Å². The van der Waals surface area contributed by atoms with Gasteiger partial charge in [0, 0.05) is 0 Å². The first-order valence-corrected chi connectivity index (χ1v) is 5.37. The first-order chi connectivity index (χ1) is 2.89. The molecule has 0 radical (unpaired) electrons. The summed E-state index contributed by atoms with van der Waals surface area (Å²) in [6.45, 7) is 0. The fourth-order valence-corrected chi connectivity index (χ4v) is 3.26. The molecule has 1 rings (SSSR count). The fraction of sp³-hybridized carbons (Fsp3) is 1.00. The van der Waals surface area contributed by atoms with Crippen molar-refractivity contribution < 1.29 is 3.83 Å². The zero-order valence-corrected chi connectivity index (χ0v) is 5.36. The maximum atomic E-state index is 10.5. The van der Waals surface area contributed by atoms with Crippen molar-refractivity contribution >= 4 is 13.8 Å². The van der Waals surface area contributed by atoms with Crippen molar-refractivity contribution in [1.82, 2.24) is 0 Å². The van der Waals surface area contributed by atoms with Gasteiger partial charge in [0.05, 0.1) is 0 Å². The second-order valence-corrected chi connectivity index (χ2v) is 5.11. The molecule has 0 saturated carbocycles. The zero-order valence-electron chi connectivity index (χ0n) is 3.64. The standard InChI is InChI=1S/C4H8OSe/c5-6-3-1-2-4-6/h1-4H2. The number of hydrogen-bond donors (Lipinski definition) is 0. The summed E-state index contributed by atoms with van der Waals surface area (Å²) in [5.41, 5.74) is 0. The Kier molecular flexibility index (Phi) is 1.38. The van der Waals surface area contributed by atoms with E-state index in [0.29, 0.717) is 0 Å². The molecule has 1 heterocycles. The molecule has 0 aromatic heterocycles. The van der Waals surface area contributed by atoms with Crippen molar-refractivity contribution in [3.8, 4) is 0 Å². The van der Waals surface area contributed by atoms with Crippen LogP contribution < -0.4 is 0 Å². The molecule has 6 heavy (non-hydrogen) atoms. The monoisotopic (exact) mass is 152 g/mol. The molecule has 1 nitrogen and oxygen atoms in total. The van der Waals surface area contributed by atoms with E-state index in [1.54, 1.807) is 0 Å². The van der Waals surface area contributed by atoms with Crippen molar-refractivity contribution in [2.75, 3.05) is 0 Å². The molecule has 0 amide bonds. The van der Waals surface area contributed by atoms with Gasteiger partial charge in [-0.1, -0.05) is 0 Å². The van der Waals surface area contributed by atoms with E-state index in [1.165, 1.54) is 12.8 Å². The second-order valence-electron chi connectivity index (χ2n) is 1.56. The van der Waals surface area contributed by atoms with Crippen LogP contribution in [-0.2, 0) is 3.83 Å².